The summed E-state index contributed by atoms with van der Waals surface area (Å²) in [4.78, 5) is 31.7. The molecule has 2 unspecified atom stereocenters. The highest BCUT2D eigenvalue weighted by Crippen LogP contribution is 2.37. The fraction of sp³-hybridized carbons (Fsp3) is 0.469. The number of ketones is 2. The average Bonchev–Trinajstić information content (AvgIpc) is 3.18. The summed E-state index contributed by atoms with van der Waals surface area (Å²) in [6.45, 7) is 5.04. The van der Waals surface area contributed by atoms with Crippen LogP contribution in [0.5, 0.6) is 11.5 Å². The van der Waals surface area contributed by atoms with Gasteiger partial charge < -0.3 is 9.47 Å². The second-order valence-corrected chi connectivity index (χ2v) is 10.5. The number of aromatic nitrogens is 1. The van der Waals surface area contributed by atoms with Crippen molar-refractivity contribution < 1.29 is 19.1 Å². The number of hydrogen-bond donors (Lipinski definition) is 0. The molecule has 0 amide bonds. The predicted molar refractivity (Wildman–Crippen MR) is 146 cm³/mol. The molecule has 194 valence electrons. The third-order valence-electron chi connectivity index (χ3n) is 7.92. The largest absolute Gasteiger partial charge is 0.491 e. The minimum Gasteiger partial charge on any atom is -0.491 e. The summed E-state index contributed by atoms with van der Waals surface area (Å²) in [5.41, 5.74) is 2.07. The second-order valence-electron chi connectivity index (χ2n) is 10.5. The number of carbonyl (C=O) groups is 2. The Labute approximate surface area is 219 Å². The van der Waals surface area contributed by atoms with Gasteiger partial charge in [0.25, 0.3) is 0 Å². The zero-order chi connectivity index (χ0) is 25.8. The molecule has 0 N–H and O–H groups in total. The first-order chi connectivity index (χ1) is 18.1. The highest BCUT2D eigenvalue weighted by molar-refractivity contribution is 6.29. The Morgan fingerprint density at radius 1 is 0.946 bits per heavy atom. The minimum absolute atomic E-state index is 0.185. The van der Waals surface area contributed by atoms with Crippen LogP contribution in [0.3, 0.4) is 0 Å². The average molecular weight is 500 g/mol. The molecule has 37 heavy (non-hydrogen) atoms. The highest BCUT2D eigenvalue weighted by atomic mass is 16.5. The Hall–Kier alpha value is -3.21. The van der Waals surface area contributed by atoms with Gasteiger partial charge >= 0.3 is 0 Å². The smallest absolute Gasteiger partial charge is 0.180 e. The molecule has 0 spiro atoms. The first kappa shape index (κ1) is 25.4. The number of fused-ring (bicyclic) bond motifs is 2. The SMILES string of the molecule is CCCCC(CC)COc1cccc2ccc(C3C(=O)c4ccc(OC5CCCCC5)cc4C3=O)nc12. The van der Waals surface area contributed by atoms with Crippen LogP contribution in [-0.2, 0) is 0 Å². The van der Waals surface area contributed by atoms with E-state index < -0.39 is 5.92 Å². The number of Topliss-reactive ketones (excluding diaryl/α,β-unsaturated/α-hetero) is 2. The maximum absolute atomic E-state index is 13.5. The van der Waals surface area contributed by atoms with Crippen LogP contribution in [-0.4, -0.2) is 29.3 Å². The quantitative estimate of drug-likeness (QED) is 0.267. The number of pyridine rings is 1. The van der Waals surface area contributed by atoms with Crippen molar-refractivity contribution in [1.29, 1.82) is 0 Å². The van der Waals surface area contributed by atoms with Gasteiger partial charge in [-0.15, -0.1) is 0 Å². The van der Waals surface area contributed by atoms with Gasteiger partial charge in [0.2, 0.25) is 0 Å². The van der Waals surface area contributed by atoms with Crippen LogP contribution in [0.15, 0.2) is 48.5 Å². The van der Waals surface area contributed by atoms with Gasteiger partial charge in [0, 0.05) is 16.5 Å². The maximum Gasteiger partial charge on any atom is 0.180 e. The normalized spacial score (nSPS) is 18.7. The van der Waals surface area contributed by atoms with Gasteiger partial charge in [0.15, 0.2) is 11.6 Å². The molecule has 0 radical (unpaired) electrons. The molecule has 1 fully saturated rings. The molecule has 0 bridgehead atoms. The Morgan fingerprint density at radius 3 is 2.54 bits per heavy atom. The fourth-order valence-corrected chi connectivity index (χ4v) is 5.61. The van der Waals surface area contributed by atoms with E-state index in [4.69, 9.17) is 14.5 Å². The molecule has 3 aromatic rings. The standard InChI is InChI=1S/C32H37NO4/c1-3-5-10-21(4-2)20-36-28-14-9-11-22-15-18-27(33-30(22)28)29-31(34)25-17-16-24(19-26(25)32(29)35)37-23-12-7-6-8-13-23/h9,11,14-19,21,23,29H,3-8,10,12-13,20H2,1-2H3. The van der Waals surface area contributed by atoms with E-state index in [1.807, 2.05) is 30.3 Å². The van der Waals surface area contributed by atoms with Gasteiger partial charge in [0.05, 0.1) is 18.4 Å². The van der Waals surface area contributed by atoms with E-state index >= 15 is 0 Å². The van der Waals surface area contributed by atoms with E-state index in [0.29, 0.717) is 46.4 Å². The summed E-state index contributed by atoms with van der Waals surface area (Å²) >= 11 is 0. The van der Waals surface area contributed by atoms with Crippen LogP contribution in [0, 0.1) is 5.92 Å². The zero-order valence-electron chi connectivity index (χ0n) is 22.0. The van der Waals surface area contributed by atoms with Crippen molar-refractivity contribution in [3.8, 4) is 11.5 Å². The summed E-state index contributed by atoms with van der Waals surface area (Å²) in [6.07, 6.45) is 10.4. The number of nitrogens with zero attached hydrogens (tertiary/aromatic N) is 1. The Kier molecular flexibility index (Phi) is 7.87. The van der Waals surface area contributed by atoms with E-state index in [-0.39, 0.29) is 17.7 Å². The van der Waals surface area contributed by atoms with Gasteiger partial charge in [-0.05, 0) is 68.4 Å². The molecule has 5 rings (SSSR count). The van der Waals surface area contributed by atoms with Crippen molar-refractivity contribution in [2.45, 2.75) is 83.7 Å². The number of hydrogen-bond acceptors (Lipinski definition) is 5. The summed E-state index contributed by atoms with van der Waals surface area (Å²) < 4.78 is 12.4. The fourth-order valence-electron chi connectivity index (χ4n) is 5.61. The van der Waals surface area contributed by atoms with Crippen molar-refractivity contribution in [2.75, 3.05) is 6.61 Å². The molecular formula is C32H37NO4. The molecule has 0 aliphatic heterocycles. The van der Waals surface area contributed by atoms with Crippen molar-refractivity contribution in [3.63, 3.8) is 0 Å². The van der Waals surface area contributed by atoms with E-state index in [0.717, 1.165) is 31.1 Å². The molecule has 1 aromatic heterocycles. The molecule has 2 aliphatic rings. The third-order valence-corrected chi connectivity index (χ3v) is 7.92. The molecular weight excluding hydrogens is 462 g/mol. The topological polar surface area (TPSA) is 65.5 Å². The van der Waals surface area contributed by atoms with Crippen molar-refractivity contribution in [1.82, 2.24) is 4.98 Å². The molecule has 2 atom stereocenters. The second kappa shape index (κ2) is 11.5. The van der Waals surface area contributed by atoms with Crippen molar-refractivity contribution in [2.24, 2.45) is 5.92 Å². The third kappa shape index (κ3) is 5.41. The van der Waals surface area contributed by atoms with E-state index in [1.165, 1.54) is 32.1 Å². The molecule has 2 aliphatic carbocycles. The predicted octanol–water partition coefficient (Wildman–Crippen LogP) is 7.70. The first-order valence-electron chi connectivity index (χ1n) is 14.0. The van der Waals surface area contributed by atoms with E-state index in [9.17, 15) is 9.59 Å². The van der Waals surface area contributed by atoms with Crippen LogP contribution in [0.1, 0.15) is 104 Å². The number of rotatable bonds is 10. The van der Waals surface area contributed by atoms with Crippen molar-refractivity contribution in [3.05, 3.63) is 65.4 Å². The van der Waals surface area contributed by atoms with Gasteiger partial charge in [-0.3, -0.25) is 9.59 Å². The molecule has 1 saturated carbocycles. The molecule has 1 heterocycles. The summed E-state index contributed by atoms with van der Waals surface area (Å²) in [5.74, 6) is 0.544. The lowest BCUT2D eigenvalue weighted by molar-refractivity contribution is 0.0887. The van der Waals surface area contributed by atoms with Gasteiger partial charge in [-0.25, -0.2) is 4.98 Å². The van der Waals surface area contributed by atoms with Crippen LogP contribution in [0.25, 0.3) is 10.9 Å². The summed E-state index contributed by atoms with van der Waals surface area (Å²) in [7, 11) is 0. The molecule has 0 saturated heterocycles. The van der Waals surface area contributed by atoms with E-state index in [2.05, 4.69) is 13.8 Å². The summed E-state index contributed by atoms with van der Waals surface area (Å²) in [6, 6.07) is 14.9. The zero-order valence-corrected chi connectivity index (χ0v) is 22.0. The van der Waals surface area contributed by atoms with Crippen LogP contribution >= 0.6 is 0 Å². The first-order valence-corrected chi connectivity index (χ1v) is 14.0. The van der Waals surface area contributed by atoms with Crippen LogP contribution in [0.4, 0.5) is 0 Å². The number of ether oxygens (including phenoxy) is 2. The van der Waals surface area contributed by atoms with Gasteiger partial charge in [0.1, 0.15) is 22.9 Å². The maximum atomic E-state index is 13.5. The van der Waals surface area contributed by atoms with Gasteiger partial charge in [-0.2, -0.15) is 0 Å². The number of para-hydroxylation sites is 1. The molecule has 5 heteroatoms. The monoisotopic (exact) mass is 499 g/mol. The van der Waals surface area contributed by atoms with Crippen LogP contribution in [0.2, 0.25) is 0 Å². The summed E-state index contributed by atoms with van der Waals surface area (Å²) in [5, 5.41) is 0.932. The number of carbonyl (C=O) groups excluding carboxylic acids is 2. The minimum atomic E-state index is -0.926. The lowest BCUT2D eigenvalue weighted by Gasteiger charge is -2.23. The van der Waals surface area contributed by atoms with Crippen molar-refractivity contribution >= 4 is 22.5 Å². The van der Waals surface area contributed by atoms with E-state index in [1.54, 1.807) is 18.2 Å². The van der Waals surface area contributed by atoms with Gasteiger partial charge in [-0.1, -0.05) is 57.7 Å². The number of unbranched alkanes of at least 4 members (excludes halogenated alkanes) is 1. The highest BCUT2D eigenvalue weighted by Gasteiger charge is 2.41. The Bertz CT molecular complexity index is 1280. The number of benzene rings is 2. The Morgan fingerprint density at radius 2 is 1.76 bits per heavy atom. The molecule has 2 aromatic carbocycles. The van der Waals surface area contributed by atoms with Crippen LogP contribution < -0.4 is 9.47 Å². The molecule has 5 nitrogen and oxygen atoms in total. The lowest BCUT2D eigenvalue weighted by atomic mass is 9.97. The Balaban J connectivity index is 1.38. The lowest BCUT2D eigenvalue weighted by Crippen LogP contribution is -2.19.